The van der Waals surface area contributed by atoms with Gasteiger partial charge in [-0.25, -0.2) is 4.79 Å². The van der Waals surface area contributed by atoms with Gasteiger partial charge in [0.15, 0.2) is 20.2 Å². The summed E-state index contributed by atoms with van der Waals surface area (Å²) in [7, 11) is -0.731. The highest BCUT2D eigenvalue weighted by Gasteiger charge is 2.47. The van der Waals surface area contributed by atoms with Crippen LogP contribution in [0.2, 0.25) is 18.1 Å². The summed E-state index contributed by atoms with van der Waals surface area (Å²) in [6.45, 7) is 14.6. The summed E-state index contributed by atoms with van der Waals surface area (Å²) < 4.78 is 22.4. The molecule has 0 aromatic heterocycles. The van der Waals surface area contributed by atoms with Crippen LogP contribution < -0.4 is 0 Å². The lowest BCUT2D eigenvalue weighted by atomic mass is 10.2. The Bertz CT molecular complexity index is 359. The third-order valence-electron chi connectivity index (χ3n) is 4.03. The first-order valence-electron chi connectivity index (χ1n) is 6.97. The molecule has 0 amide bonds. The Morgan fingerprint density at radius 2 is 1.90 bits per heavy atom. The van der Waals surface area contributed by atoms with Gasteiger partial charge in [-0.1, -0.05) is 20.8 Å². The largest absolute Gasteiger partial charge is 0.467 e. The van der Waals surface area contributed by atoms with Crippen molar-refractivity contribution in [1.82, 2.24) is 0 Å². The van der Waals surface area contributed by atoms with Gasteiger partial charge in [0.2, 0.25) is 0 Å². The van der Waals surface area contributed by atoms with Crippen LogP contribution in [-0.4, -0.2) is 46.0 Å². The van der Waals surface area contributed by atoms with Gasteiger partial charge in [-0.3, -0.25) is 0 Å². The minimum Gasteiger partial charge on any atom is -0.467 e. The van der Waals surface area contributed by atoms with Crippen LogP contribution in [0.4, 0.5) is 0 Å². The smallest absolute Gasteiger partial charge is 0.336 e. The number of hydrogen-bond acceptors (Lipinski definition) is 5. The van der Waals surface area contributed by atoms with E-state index < -0.39 is 32.3 Å². The zero-order valence-corrected chi connectivity index (χ0v) is 14.9. The van der Waals surface area contributed by atoms with E-state index in [0.29, 0.717) is 6.61 Å². The summed E-state index contributed by atoms with van der Waals surface area (Å²) in [5.74, 6) is -1.09. The Morgan fingerprint density at radius 3 is 2.25 bits per heavy atom. The first-order valence-corrected chi connectivity index (χ1v) is 9.88. The van der Waals surface area contributed by atoms with Gasteiger partial charge in [0, 0.05) is 0 Å². The molecule has 0 aliphatic carbocycles. The number of esters is 1. The SMILES string of the molecule is COC(=O)[C@H](O[Si](C)(C)C(C)(C)C)[C@@H]1COC(C)(C)O1. The predicted octanol–water partition coefficient (Wildman–Crippen LogP) is 2.70. The summed E-state index contributed by atoms with van der Waals surface area (Å²) >= 11 is 0. The van der Waals surface area contributed by atoms with E-state index in [1.807, 2.05) is 13.8 Å². The van der Waals surface area contributed by atoms with E-state index in [9.17, 15) is 4.79 Å². The van der Waals surface area contributed by atoms with Crippen LogP contribution in [0.3, 0.4) is 0 Å². The quantitative estimate of drug-likeness (QED) is 0.590. The lowest BCUT2D eigenvalue weighted by Gasteiger charge is -2.39. The number of carbonyl (C=O) groups excluding carboxylic acids is 1. The molecule has 0 saturated carbocycles. The molecule has 0 bridgehead atoms. The highest BCUT2D eigenvalue weighted by Crippen LogP contribution is 2.38. The summed E-state index contributed by atoms with van der Waals surface area (Å²) in [5, 5.41) is 0.00819. The van der Waals surface area contributed by atoms with Gasteiger partial charge in [0.1, 0.15) is 6.10 Å². The van der Waals surface area contributed by atoms with Crippen LogP contribution in [0.1, 0.15) is 34.6 Å². The van der Waals surface area contributed by atoms with E-state index in [1.165, 1.54) is 7.11 Å². The molecule has 0 unspecified atom stereocenters. The van der Waals surface area contributed by atoms with Gasteiger partial charge in [-0.2, -0.15) is 0 Å². The molecule has 0 radical (unpaired) electrons. The number of methoxy groups -OCH3 is 1. The van der Waals surface area contributed by atoms with E-state index in [4.69, 9.17) is 18.6 Å². The van der Waals surface area contributed by atoms with E-state index in [2.05, 4.69) is 33.9 Å². The van der Waals surface area contributed by atoms with Crippen molar-refractivity contribution in [3.05, 3.63) is 0 Å². The molecular weight excluding hydrogens is 276 g/mol. The number of ether oxygens (including phenoxy) is 3. The van der Waals surface area contributed by atoms with Gasteiger partial charge >= 0.3 is 5.97 Å². The molecule has 0 spiro atoms. The Balaban J connectivity index is 2.90. The van der Waals surface area contributed by atoms with Crippen molar-refractivity contribution < 1.29 is 23.4 Å². The van der Waals surface area contributed by atoms with Crippen molar-refractivity contribution in [2.45, 2.75) is 70.7 Å². The minimum absolute atomic E-state index is 0.00819. The van der Waals surface area contributed by atoms with Crippen LogP contribution in [-0.2, 0) is 23.4 Å². The zero-order chi connectivity index (χ0) is 15.8. The average molecular weight is 304 g/mol. The Morgan fingerprint density at radius 1 is 1.35 bits per heavy atom. The van der Waals surface area contributed by atoms with Gasteiger partial charge in [0.25, 0.3) is 0 Å². The van der Waals surface area contributed by atoms with Crippen molar-refractivity contribution in [2.75, 3.05) is 13.7 Å². The summed E-state index contributed by atoms with van der Waals surface area (Å²) in [6, 6.07) is 0. The monoisotopic (exact) mass is 304 g/mol. The van der Waals surface area contributed by atoms with Gasteiger partial charge in [-0.05, 0) is 32.0 Å². The molecule has 5 nitrogen and oxygen atoms in total. The third kappa shape index (κ3) is 4.04. The molecule has 118 valence electrons. The van der Waals surface area contributed by atoms with Crippen LogP contribution in [0.25, 0.3) is 0 Å². The first kappa shape index (κ1) is 17.6. The molecule has 1 fully saturated rings. The maximum atomic E-state index is 12.1. The van der Waals surface area contributed by atoms with Crippen molar-refractivity contribution >= 4 is 14.3 Å². The first-order chi connectivity index (χ1) is 8.89. The highest BCUT2D eigenvalue weighted by molar-refractivity contribution is 6.74. The fourth-order valence-corrected chi connectivity index (χ4v) is 2.99. The van der Waals surface area contributed by atoms with Crippen LogP contribution in [0.15, 0.2) is 0 Å². The van der Waals surface area contributed by atoms with E-state index in [-0.39, 0.29) is 5.04 Å². The summed E-state index contributed by atoms with van der Waals surface area (Å²) in [4.78, 5) is 12.1. The van der Waals surface area contributed by atoms with Crippen molar-refractivity contribution in [3.8, 4) is 0 Å². The maximum absolute atomic E-state index is 12.1. The van der Waals surface area contributed by atoms with Crippen molar-refractivity contribution in [3.63, 3.8) is 0 Å². The molecule has 1 aliphatic rings. The second-order valence-corrected chi connectivity index (χ2v) is 11.9. The topological polar surface area (TPSA) is 54.0 Å². The van der Waals surface area contributed by atoms with Crippen LogP contribution in [0.5, 0.6) is 0 Å². The van der Waals surface area contributed by atoms with E-state index >= 15 is 0 Å². The predicted molar refractivity (Wildman–Crippen MR) is 79.0 cm³/mol. The van der Waals surface area contributed by atoms with Crippen molar-refractivity contribution in [1.29, 1.82) is 0 Å². The van der Waals surface area contributed by atoms with Crippen LogP contribution >= 0.6 is 0 Å². The van der Waals surface area contributed by atoms with E-state index in [1.54, 1.807) is 0 Å². The fraction of sp³-hybridized carbons (Fsp3) is 0.929. The Kier molecular flexibility index (Phi) is 5.07. The molecule has 1 rings (SSSR count). The standard InChI is InChI=1S/C14H28O5Si/c1-13(2,3)20(7,8)19-11(12(15)16-6)10-9-17-14(4,5)18-10/h10-11H,9H2,1-8H3/t10-,11+/m0/s1. The molecule has 2 atom stereocenters. The highest BCUT2D eigenvalue weighted by atomic mass is 28.4. The zero-order valence-electron chi connectivity index (χ0n) is 13.9. The molecule has 0 N–H and O–H groups in total. The number of carbonyl (C=O) groups is 1. The molecule has 6 heteroatoms. The van der Waals surface area contributed by atoms with Crippen molar-refractivity contribution in [2.24, 2.45) is 0 Å². The Labute approximate surface area is 123 Å². The third-order valence-corrected chi connectivity index (χ3v) is 8.48. The molecule has 0 aromatic rings. The van der Waals surface area contributed by atoms with Crippen LogP contribution in [0, 0.1) is 0 Å². The second kappa shape index (κ2) is 5.75. The molecule has 20 heavy (non-hydrogen) atoms. The summed E-state index contributed by atoms with van der Waals surface area (Å²) in [6.07, 6.45) is -1.16. The summed E-state index contributed by atoms with van der Waals surface area (Å²) in [5.41, 5.74) is 0. The molecule has 1 aliphatic heterocycles. The van der Waals surface area contributed by atoms with E-state index in [0.717, 1.165) is 0 Å². The number of hydrogen-bond donors (Lipinski definition) is 0. The van der Waals surface area contributed by atoms with Gasteiger partial charge < -0.3 is 18.6 Å². The second-order valence-electron chi connectivity index (χ2n) is 7.19. The fourth-order valence-electron chi connectivity index (χ4n) is 1.75. The Hall–Kier alpha value is -0.433. The molecule has 0 aromatic carbocycles. The molecular formula is C14H28O5Si. The molecule has 1 saturated heterocycles. The van der Waals surface area contributed by atoms with Gasteiger partial charge in [0.05, 0.1) is 13.7 Å². The normalized spacial score (nSPS) is 24.5. The molecule has 1 heterocycles. The lowest BCUT2D eigenvalue weighted by molar-refractivity contribution is -0.168. The maximum Gasteiger partial charge on any atom is 0.336 e. The van der Waals surface area contributed by atoms with Gasteiger partial charge in [-0.15, -0.1) is 0 Å². The lowest BCUT2D eigenvalue weighted by Crippen LogP contribution is -2.51. The number of rotatable bonds is 4. The average Bonchev–Trinajstić information content (AvgIpc) is 2.64. The minimum atomic E-state index is -2.10.